The topological polar surface area (TPSA) is 58.2 Å². The number of nitrogens with one attached hydrogen (secondary N) is 2. The minimum atomic E-state index is -0.398. The Morgan fingerprint density at radius 1 is 0.750 bits per heavy atom. The van der Waals surface area contributed by atoms with Crippen LogP contribution < -0.4 is 10.6 Å². The summed E-state index contributed by atoms with van der Waals surface area (Å²) in [6.07, 6.45) is 0. The molecule has 2 N–H and O–H groups in total. The van der Waals surface area contributed by atoms with E-state index in [1.807, 2.05) is 17.4 Å². The zero-order valence-electron chi connectivity index (χ0n) is 10.6. The quantitative estimate of drug-likeness (QED) is 0.604. The maximum absolute atomic E-state index is 10.1. The Morgan fingerprint density at radius 3 is 1.45 bits per heavy atom. The predicted molar refractivity (Wildman–Crippen MR) is 73.4 cm³/mol. The van der Waals surface area contributed by atoms with Crippen LogP contribution in [0.4, 0.5) is 4.79 Å². The molecule has 1 heterocycles. The van der Waals surface area contributed by atoms with Crippen LogP contribution in [-0.2, 0) is 27.2 Å². The van der Waals surface area contributed by atoms with Crippen molar-refractivity contribution in [3.05, 3.63) is 60.7 Å². The first-order valence-corrected chi connectivity index (χ1v) is 5.94. The monoisotopic (exact) mass is 361 g/mol. The summed E-state index contributed by atoms with van der Waals surface area (Å²) in [5.74, 6) is -0.259. The van der Waals surface area contributed by atoms with Gasteiger partial charge in [-0.2, -0.15) is 0 Å². The molecule has 2 aromatic rings. The molecule has 1 aliphatic heterocycles. The molecule has 20 heavy (non-hydrogen) atoms. The average molecular weight is 362 g/mol. The Bertz CT molecular complexity index is 507. The second-order valence-corrected chi connectivity index (χ2v) is 3.96. The fraction of sp³-hybridized carbons (Fsp3) is 0.0667. The molecule has 2 aromatic carbocycles. The van der Waals surface area contributed by atoms with Crippen LogP contribution in [0.3, 0.4) is 0 Å². The molecule has 1 saturated heterocycles. The molecule has 0 bridgehead atoms. The van der Waals surface area contributed by atoms with E-state index in [9.17, 15) is 9.59 Å². The van der Waals surface area contributed by atoms with Gasteiger partial charge in [0.2, 0.25) is 5.91 Å². The van der Waals surface area contributed by atoms with Crippen LogP contribution in [0.15, 0.2) is 60.7 Å². The zero-order chi connectivity index (χ0) is 13.5. The van der Waals surface area contributed by atoms with E-state index in [1.165, 1.54) is 11.1 Å². The number of carbonyl (C=O) groups is 2. The molecule has 0 saturated carbocycles. The van der Waals surface area contributed by atoms with E-state index < -0.39 is 6.03 Å². The molecule has 0 aliphatic carbocycles. The van der Waals surface area contributed by atoms with E-state index in [1.54, 1.807) is 0 Å². The van der Waals surface area contributed by atoms with Gasteiger partial charge in [-0.15, -0.1) is 0 Å². The molecule has 0 aromatic heterocycles. The summed E-state index contributed by atoms with van der Waals surface area (Å²) in [7, 11) is 0. The molecule has 3 rings (SSSR count). The summed E-state index contributed by atoms with van der Waals surface area (Å²) in [5, 5.41) is 4.30. The Balaban J connectivity index is 0.000000216. The SMILES string of the molecule is O=C1CNC(=O)N1.[Ag].c1ccc(-c2ccccc2)cc1. The maximum atomic E-state index is 10.1. The van der Waals surface area contributed by atoms with E-state index >= 15 is 0 Å². The molecule has 1 fully saturated rings. The van der Waals surface area contributed by atoms with Gasteiger partial charge in [0.25, 0.3) is 0 Å². The third-order valence-corrected chi connectivity index (χ3v) is 2.54. The fourth-order valence-electron chi connectivity index (χ4n) is 1.64. The number of carbonyl (C=O) groups excluding carboxylic acids is 2. The van der Waals surface area contributed by atoms with Crippen LogP contribution >= 0.6 is 0 Å². The van der Waals surface area contributed by atoms with Crippen LogP contribution in [-0.4, -0.2) is 18.5 Å². The maximum Gasteiger partial charge on any atom is 0.321 e. The minimum Gasteiger partial charge on any atom is -0.329 e. The van der Waals surface area contributed by atoms with Crippen molar-refractivity contribution in [3.8, 4) is 11.1 Å². The Hall–Kier alpha value is -1.88. The first-order valence-electron chi connectivity index (χ1n) is 5.94. The van der Waals surface area contributed by atoms with Gasteiger partial charge in [-0.3, -0.25) is 10.1 Å². The van der Waals surface area contributed by atoms with Gasteiger partial charge in [-0.1, -0.05) is 60.7 Å². The Labute approximate surface area is 133 Å². The first kappa shape index (κ1) is 16.2. The molecule has 1 radical (unpaired) electrons. The van der Waals surface area contributed by atoms with Crippen molar-refractivity contribution in [1.82, 2.24) is 10.6 Å². The molecular formula is C15H14AgN2O2. The van der Waals surface area contributed by atoms with Crippen molar-refractivity contribution in [3.63, 3.8) is 0 Å². The third kappa shape index (κ3) is 5.01. The van der Waals surface area contributed by atoms with Gasteiger partial charge in [0.05, 0.1) is 6.54 Å². The van der Waals surface area contributed by atoms with Crippen LogP contribution in [0.5, 0.6) is 0 Å². The molecule has 4 nitrogen and oxygen atoms in total. The summed E-state index contributed by atoms with van der Waals surface area (Å²) in [6, 6.07) is 20.4. The summed E-state index contributed by atoms with van der Waals surface area (Å²) >= 11 is 0. The molecule has 5 heteroatoms. The molecule has 107 valence electrons. The molecule has 0 spiro atoms. The summed E-state index contributed by atoms with van der Waals surface area (Å²) in [6.45, 7) is 0.124. The van der Waals surface area contributed by atoms with Crippen molar-refractivity contribution >= 4 is 11.9 Å². The molecular weight excluding hydrogens is 348 g/mol. The fourth-order valence-corrected chi connectivity index (χ4v) is 1.64. The van der Waals surface area contributed by atoms with Crippen molar-refractivity contribution in [1.29, 1.82) is 0 Å². The van der Waals surface area contributed by atoms with E-state index in [0.29, 0.717) is 0 Å². The van der Waals surface area contributed by atoms with Gasteiger partial charge >= 0.3 is 6.03 Å². The van der Waals surface area contributed by atoms with Crippen LogP contribution in [0.25, 0.3) is 11.1 Å². The second kappa shape index (κ2) is 8.32. The number of benzene rings is 2. The number of amides is 3. The predicted octanol–water partition coefficient (Wildman–Crippen LogP) is 2.18. The zero-order valence-corrected chi connectivity index (χ0v) is 12.1. The van der Waals surface area contributed by atoms with E-state index in [2.05, 4.69) is 53.8 Å². The van der Waals surface area contributed by atoms with Crippen molar-refractivity contribution in [2.24, 2.45) is 0 Å². The van der Waals surface area contributed by atoms with Gasteiger partial charge in [0, 0.05) is 22.4 Å². The summed E-state index contributed by atoms with van der Waals surface area (Å²) in [5.41, 5.74) is 2.55. The van der Waals surface area contributed by atoms with Gasteiger partial charge in [0.15, 0.2) is 0 Å². The third-order valence-electron chi connectivity index (χ3n) is 2.54. The number of hydrogen-bond acceptors (Lipinski definition) is 2. The number of hydrogen-bond donors (Lipinski definition) is 2. The molecule has 0 atom stereocenters. The van der Waals surface area contributed by atoms with E-state index in [-0.39, 0.29) is 34.8 Å². The van der Waals surface area contributed by atoms with Gasteiger partial charge in [-0.05, 0) is 11.1 Å². The minimum absolute atomic E-state index is 0. The number of urea groups is 1. The van der Waals surface area contributed by atoms with E-state index in [4.69, 9.17) is 0 Å². The van der Waals surface area contributed by atoms with Gasteiger partial charge < -0.3 is 5.32 Å². The van der Waals surface area contributed by atoms with Crippen molar-refractivity contribution in [2.45, 2.75) is 0 Å². The normalized spacial score (nSPS) is 12.4. The van der Waals surface area contributed by atoms with Gasteiger partial charge in [0.1, 0.15) is 0 Å². The largest absolute Gasteiger partial charge is 0.329 e. The molecule has 1 aliphatic rings. The summed E-state index contributed by atoms with van der Waals surface area (Å²) in [4.78, 5) is 20.1. The van der Waals surface area contributed by atoms with Crippen LogP contribution in [0.1, 0.15) is 0 Å². The molecule has 3 amide bonds. The van der Waals surface area contributed by atoms with Crippen LogP contribution in [0, 0.1) is 0 Å². The Kier molecular flexibility index (Phi) is 6.73. The molecule has 0 unspecified atom stereocenters. The second-order valence-electron chi connectivity index (χ2n) is 3.96. The smallest absolute Gasteiger partial charge is 0.321 e. The number of rotatable bonds is 1. The Morgan fingerprint density at radius 2 is 1.20 bits per heavy atom. The van der Waals surface area contributed by atoms with Crippen molar-refractivity contribution < 1.29 is 32.0 Å². The summed E-state index contributed by atoms with van der Waals surface area (Å²) < 4.78 is 0. The number of imide groups is 1. The van der Waals surface area contributed by atoms with Crippen molar-refractivity contribution in [2.75, 3.05) is 6.54 Å². The first-order chi connectivity index (χ1) is 9.25. The van der Waals surface area contributed by atoms with Gasteiger partial charge in [-0.25, -0.2) is 4.79 Å². The van der Waals surface area contributed by atoms with Crippen LogP contribution in [0.2, 0.25) is 0 Å². The standard InChI is InChI=1S/C12H10.C3H4N2O2.Ag/c1-3-7-11(8-4-1)12-9-5-2-6-10-12;6-2-1-4-3(7)5-2;/h1-10H;1H2,(H2,4,5,6,7);. The van der Waals surface area contributed by atoms with E-state index in [0.717, 1.165) is 0 Å². The average Bonchev–Trinajstić information content (AvgIpc) is 2.85.